The molecule has 1 aliphatic carbocycles. The van der Waals surface area contributed by atoms with Crippen molar-refractivity contribution in [3.63, 3.8) is 0 Å². The first kappa shape index (κ1) is 16.3. The van der Waals surface area contributed by atoms with Crippen molar-refractivity contribution in [1.82, 2.24) is 10.2 Å². The number of nitrogens with two attached hydrogens (primary N) is 1. The van der Waals surface area contributed by atoms with Gasteiger partial charge in [-0.3, -0.25) is 9.59 Å². The van der Waals surface area contributed by atoms with Crippen LogP contribution in [0.2, 0.25) is 0 Å². The largest absolute Gasteiger partial charge is 0.355 e. The molecule has 2 fully saturated rings. The van der Waals surface area contributed by atoms with Gasteiger partial charge in [0.05, 0.1) is 0 Å². The van der Waals surface area contributed by atoms with Crippen molar-refractivity contribution in [2.45, 2.75) is 51.4 Å². The molecule has 1 aliphatic heterocycles. The van der Waals surface area contributed by atoms with E-state index in [0.717, 1.165) is 45.2 Å². The maximum absolute atomic E-state index is 12.1. The zero-order valence-electron chi connectivity index (χ0n) is 13.0. The minimum Gasteiger partial charge on any atom is -0.355 e. The van der Waals surface area contributed by atoms with Gasteiger partial charge in [-0.15, -0.1) is 0 Å². The molecule has 0 bridgehead atoms. The molecule has 5 heteroatoms. The molecule has 3 N–H and O–H groups in total. The van der Waals surface area contributed by atoms with E-state index in [-0.39, 0.29) is 17.7 Å². The maximum atomic E-state index is 12.1. The summed E-state index contributed by atoms with van der Waals surface area (Å²) in [5.41, 5.74) is 5.71. The first-order valence-electron chi connectivity index (χ1n) is 8.48. The molecule has 0 spiro atoms. The fourth-order valence-corrected chi connectivity index (χ4v) is 3.57. The van der Waals surface area contributed by atoms with Crippen LogP contribution in [0.15, 0.2) is 0 Å². The Hall–Kier alpha value is -1.10. The zero-order chi connectivity index (χ0) is 15.1. The average molecular weight is 295 g/mol. The summed E-state index contributed by atoms with van der Waals surface area (Å²) < 4.78 is 0. The van der Waals surface area contributed by atoms with Gasteiger partial charge in [0.15, 0.2) is 0 Å². The van der Waals surface area contributed by atoms with Crippen LogP contribution in [0.3, 0.4) is 0 Å². The van der Waals surface area contributed by atoms with E-state index >= 15 is 0 Å². The highest BCUT2D eigenvalue weighted by Crippen LogP contribution is 2.30. The van der Waals surface area contributed by atoms with Gasteiger partial charge in [-0.1, -0.05) is 19.3 Å². The van der Waals surface area contributed by atoms with Gasteiger partial charge in [0.2, 0.25) is 11.8 Å². The molecule has 2 aliphatic rings. The molecule has 1 saturated heterocycles. The summed E-state index contributed by atoms with van der Waals surface area (Å²) in [4.78, 5) is 26.2. The van der Waals surface area contributed by atoms with E-state index in [0.29, 0.717) is 25.4 Å². The molecule has 0 aromatic rings. The van der Waals surface area contributed by atoms with Crippen molar-refractivity contribution in [2.75, 3.05) is 26.2 Å². The predicted molar refractivity (Wildman–Crippen MR) is 82.6 cm³/mol. The van der Waals surface area contributed by atoms with Gasteiger partial charge >= 0.3 is 0 Å². The molecular formula is C16H29N3O2. The predicted octanol–water partition coefficient (Wildman–Crippen LogP) is 1.27. The number of hydrogen-bond donors (Lipinski definition) is 2. The molecule has 5 nitrogen and oxygen atoms in total. The van der Waals surface area contributed by atoms with Crippen LogP contribution >= 0.6 is 0 Å². The van der Waals surface area contributed by atoms with Gasteiger partial charge in [-0.25, -0.2) is 0 Å². The van der Waals surface area contributed by atoms with Crippen molar-refractivity contribution in [1.29, 1.82) is 0 Å². The lowest BCUT2D eigenvalue weighted by atomic mass is 9.95. The molecule has 0 aromatic heterocycles. The lowest BCUT2D eigenvalue weighted by molar-refractivity contribution is -0.131. The van der Waals surface area contributed by atoms with Crippen LogP contribution in [0.4, 0.5) is 0 Å². The molecule has 2 amide bonds. The third-order valence-corrected chi connectivity index (χ3v) is 4.90. The minimum absolute atomic E-state index is 0.0586. The molecule has 21 heavy (non-hydrogen) atoms. The fraction of sp³-hybridized carbons (Fsp3) is 0.875. The second-order valence-corrected chi connectivity index (χ2v) is 6.37. The molecule has 120 valence electrons. The minimum atomic E-state index is 0.0586. The SMILES string of the molecule is NC[C@H]1CCC[C@H]1C(=O)NCCC(=O)N1CCCCCC1. The standard InChI is InChI=1S/C16H29N3O2/c17-12-13-6-5-7-14(13)16(21)18-9-8-15(20)19-10-3-1-2-4-11-19/h13-14H,1-12,17H2,(H,18,21)/t13-,14-/m1/s1. The number of hydrogen-bond acceptors (Lipinski definition) is 3. The normalized spacial score (nSPS) is 26.4. The highest BCUT2D eigenvalue weighted by atomic mass is 16.2. The number of nitrogens with zero attached hydrogens (tertiary/aromatic N) is 1. The van der Waals surface area contributed by atoms with Gasteiger partial charge in [0.1, 0.15) is 0 Å². The van der Waals surface area contributed by atoms with Crippen LogP contribution in [0.1, 0.15) is 51.4 Å². The summed E-state index contributed by atoms with van der Waals surface area (Å²) in [6.07, 6.45) is 8.18. The average Bonchev–Trinajstić information content (AvgIpc) is 2.80. The Labute approximate surface area is 127 Å². The third-order valence-electron chi connectivity index (χ3n) is 4.90. The first-order chi connectivity index (χ1) is 10.2. The Morgan fingerprint density at radius 3 is 2.43 bits per heavy atom. The zero-order valence-corrected chi connectivity index (χ0v) is 13.0. The van der Waals surface area contributed by atoms with Gasteiger partial charge in [0.25, 0.3) is 0 Å². The Bertz CT molecular complexity index is 351. The van der Waals surface area contributed by atoms with Gasteiger partial charge < -0.3 is 16.0 Å². The van der Waals surface area contributed by atoms with Crippen LogP contribution in [0.5, 0.6) is 0 Å². The number of carbonyl (C=O) groups is 2. The van der Waals surface area contributed by atoms with Crippen LogP contribution in [-0.2, 0) is 9.59 Å². The summed E-state index contributed by atoms with van der Waals surface area (Å²) in [5.74, 6) is 0.653. The number of likely N-dealkylation sites (tertiary alicyclic amines) is 1. The summed E-state index contributed by atoms with van der Waals surface area (Å²) >= 11 is 0. The first-order valence-corrected chi connectivity index (χ1v) is 8.48. The molecule has 1 heterocycles. The van der Waals surface area contributed by atoms with E-state index in [2.05, 4.69) is 5.32 Å². The second kappa shape index (κ2) is 8.37. The summed E-state index contributed by atoms with van der Waals surface area (Å²) in [7, 11) is 0. The topological polar surface area (TPSA) is 75.4 Å². The highest BCUT2D eigenvalue weighted by Gasteiger charge is 2.31. The van der Waals surface area contributed by atoms with Crippen LogP contribution < -0.4 is 11.1 Å². The van der Waals surface area contributed by atoms with Crippen LogP contribution in [0.25, 0.3) is 0 Å². The number of nitrogens with one attached hydrogen (secondary N) is 1. The Kier molecular flexibility index (Phi) is 6.49. The van der Waals surface area contributed by atoms with Crippen molar-refractivity contribution in [3.8, 4) is 0 Å². The maximum Gasteiger partial charge on any atom is 0.224 e. The fourth-order valence-electron chi connectivity index (χ4n) is 3.57. The molecule has 2 rings (SSSR count). The van der Waals surface area contributed by atoms with Crippen molar-refractivity contribution in [3.05, 3.63) is 0 Å². The van der Waals surface area contributed by atoms with E-state index in [1.165, 1.54) is 12.8 Å². The molecule has 0 aromatic carbocycles. The van der Waals surface area contributed by atoms with E-state index in [4.69, 9.17) is 5.73 Å². The summed E-state index contributed by atoms with van der Waals surface area (Å²) in [6.45, 7) is 2.81. The molecule has 2 atom stereocenters. The number of amides is 2. The summed E-state index contributed by atoms with van der Waals surface area (Å²) in [6, 6.07) is 0. The Morgan fingerprint density at radius 2 is 1.76 bits per heavy atom. The monoisotopic (exact) mass is 295 g/mol. The van der Waals surface area contributed by atoms with Gasteiger partial charge in [-0.2, -0.15) is 0 Å². The van der Waals surface area contributed by atoms with Gasteiger partial charge in [0, 0.05) is 32.0 Å². The lowest BCUT2D eigenvalue weighted by Crippen LogP contribution is -2.38. The molecule has 1 saturated carbocycles. The number of carbonyl (C=O) groups excluding carboxylic acids is 2. The van der Waals surface area contributed by atoms with Crippen LogP contribution in [-0.4, -0.2) is 42.9 Å². The Balaban J connectivity index is 1.68. The van der Waals surface area contributed by atoms with E-state index in [1.807, 2.05) is 4.90 Å². The molecule has 0 unspecified atom stereocenters. The second-order valence-electron chi connectivity index (χ2n) is 6.37. The van der Waals surface area contributed by atoms with E-state index in [1.54, 1.807) is 0 Å². The van der Waals surface area contributed by atoms with Crippen molar-refractivity contribution < 1.29 is 9.59 Å². The Morgan fingerprint density at radius 1 is 1.05 bits per heavy atom. The molecular weight excluding hydrogens is 266 g/mol. The van der Waals surface area contributed by atoms with Crippen LogP contribution in [0, 0.1) is 11.8 Å². The van der Waals surface area contributed by atoms with Crippen molar-refractivity contribution >= 4 is 11.8 Å². The van der Waals surface area contributed by atoms with Gasteiger partial charge in [-0.05, 0) is 38.1 Å². The summed E-state index contributed by atoms with van der Waals surface area (Å²) in [5, 5.41) is 2.93. The quantitative estimate of drug-likeness (QED) is 0.802. The molecule has 0 radical (unpaired) electrons. The highest BCUT2D eigenvalue weighted by molar-refractivity contribution is 5.81. The third kappa shape index (κ3) is 4.70. The van der Waals surface area contributed by atoms with E-state index < -0.39 is 0 Å². The lowest BCUT2D eigenvalue weighted by Gasteiger charge is -2.21. The van der Waals surface area contributed by atoms with E-state index in [9.17, 15) is 9.59 Å². The number of rotatable bonds is 5. The smallest absolute Gasteiger partial charge is 0.224 e. The van der Waals surface area contributed by atoms with Crippen molar-refractivity contribution in [2.24, 2.45) is 17.6 Å².